The van der Waals surface area contributed by atoms with Gasteiger partial charge >= 0.3 is 5.76 Å². The molecule has 1 aromatic carbocycles. The van der Waals surface area contributed by atoms with E-state index in [-0.39, 0.29) is 17.5 Å². The third-order valence-corrected chi connectivity index (χ3v) is 6.41. The summed E-state index contributed by atoms with van der Waals surface area (Å²) in [5, 5.41) is 0. The molecule has 2 heterocycles. The average Bonchev–Trinajstić information content (AvgIpc) is 3.12. The molecular formula is C16H18N2O5S2. The van der Waals surface area contributed by atoms with Gasteiger partial charge in [-0.25, -0.2) is 17.9 Å². The number of aryl methyl sites for hydroxylation is 2. The zero-order chi connectivity index (χ0) is 18.2. The molecule has 0 aliphatic rings. The Morgan fingerprint density at radius 1 is 1.32 bits per heavy atom. The highest BCUT2D eigenvalue weighted by Crippen LogP contribution is 2.25. The van der Waals surface area contributed by atoms with Gasteiger partial charge < -0.3 is 9.15 Å². The molecule has 3 aromatic rings. The van der Waals surface area contributed by atoms with Crippen molar-refractivity contribution in [2.45, 2.75) is 17.9 Å². The van der Waals surface area contributed by atoms with Crippen LogP contribution in [0.5, 0.6) is 0 Å². The Labute approximate surface area is 148 Å². The van der Waals surface area contributed by atoms with Crippen LogP contribution in [0.15, 0.2) is 44.4 Å². The van der Waals surface area contributed by atoms with Crippen molar-refractivity contribution >= 4 is 32.5 Å². The molecule has 0 saturated heterocycles. The minimum absolute atomic E-state index is 0.0635. The molecule has 134 valence electrons. The Kier molecular flexibility index (Phi) is 4.83. The molecule has 9 heteroatoms. The molecule has 0 amide bonds. The number of methoxy groups -OCH3 is 1. The second-order valence-electron chi connectivity index (χ2n) is 5.58. The highest BCUT2D eigenvalue weighted by Gasteiger charge is 2.20. The van der Waals surface area contributed by atoms with Crippen molar-refractivity contribution in [3.05, 3.63) is 50.6 Å². The van der Waals surface area contributed by atoms with E-state index >= 15 is 0 Å². The van der Waals surface area contributed by atoms with Crippen LogP contribution >= 0.6 is 11.3 Å². The van der Waals surface area contributed by atoms with Gasteiger partial charge in [0, 0.05) is 30.5 Å². The van der Waals surface area contributed by atoms with Crippen LogP contribution in [0.3, 0.4) is 0 Å². The predicted molar refractivity (Wildman–Crippen MR) is 95.4 cm³/mol. The van der Waals surface area contributed by atoms with Gasteiger partial charge in [-0.1, -0.05) is 0 Å². The second-order valence-corrected chi connectivity index (χ2v) is 8.67. The van der Waals surface area contributed by atoms with Crippen LogP contribution in [0, 0.1) is 6.92 Å². The topological polar surface area (TPSA) is 90.5 Å². The van der Waals surface area contributed by atoms with Crippen molar-refractivity contribution in [1.82, 2.24) is 9.29 Å². The summed E-state index contributed by atoms with van der Waals surface area (Å²) in [5.41, 5.74) is 0.764. The molecule has 0 radical (unpaired) electrons. The van der Waals surface area contributed by atoms with Gasteiger partial charge in [-0.05, 0) is 37.3 Å². The monoisotopic (exact) mass is 382 g/mol. The second kappa shape index (κ2) is 6.75. The van der Waals surface area contributed by atoms with E-state index in [2.05, 4.69) is 4.72 Å². The fourth-order valence-corrected chi connectivity index (χ4v) is 4.48. The van der Waals surface area contributed by atoms with E-state index in [1.54, 1.807) is 18.4 Å². The van der Waals surface area contributed by atoms with E-state index in [9.17, 15) is 13.2 Å². The maximum Gasteiger partial charge on any atom is 0.419 e. The summed E-state index contributed by atoms with van der Waals surface area (Å²) in [7, 11) is -0.679. The number of thiophene rings is 1. The average molecular weight is 382 g/mol. The van der Waals surface area contributed by atoms with Crippen LogP contribution in [0.1, 0.15) is 15.9 Å². The summed E-state index contributed by atoms with van der Waals surface area (Å²) >= 11 is 1.56. The third kappa shape index (κ3) is 3.54. The summed E-state index contributed by atoms with van der Waals surface area (Å²) in [4.78, 5) is 13.7. The van der Waals surface area contributed by atoms with Gasteiger partial charge in [-0.15, -0.1) is 11.3 Å². The van der Waals surface area contributed by atoms with Crippen LogP contribution in [0.2, 0.25) is 0 Å². The van der Waals surface area contributed by atoms with Crippen molar-refractivity contribution in [3.63, 3.8) is 0 Å². The first kappa shape index (κ1) is 17.9. The number of ether oxygens (including phenoxy) is 1. The summed E-state index contributed by atoms with van der Waals surface area (Å²) in [5.74, 6) is -0.537. The van der Waals surface area contributed by atoms with Crippen molar-refractivity contribution in [1.29, 1.82) is 0 Å². The van der Waals surface area contributed by atoms with E-state index in [0.29, 0.717) is 11.1 Å². The molecule has 1 N–H and O–H groups in total. The van der Waals surface area contributed by atoms with E-state index in [0.717, 1.165) is 9.75 Å². The summed E-state index contributed by atoms with van der Waals surface area (Å²) in [6, 6.07) is 8.19. The normalized spacial score (nSPS) is 13.4. The number of oxazole rings is 1. The molecule has 0 fully saturated rings. The van der Waals surface area contributed by atoms with E-state index in [1.165, 1.54) is 29.8 Å². The quantitative estimate of drug-likeness (QED) is 0.706. The number of hydrogen-bond donors (Lipinski definition) is 1. The fourth-order valence-electron chi connectivity index (χ4n) is 2.47. The lowest BCUT2D eigenvalue weighted by Gasteiger charge is -2.15. The first-order chi connectivity index (χ1) is 11.8. The van der Waals surface area contributed by atoms with Crippen molar-refractivity contribution in [3.8, 4) is 0 Å². The molecule has 0 unspecified atom stereocenters. The maximum atomic E-state index is 12.6. The number of benzene rings is 1. The lowest BCUT2D eigenvalue weighted by molar-refractivity contribution is 0.110. The lowest BCUT2D eigenvalue weighted by Crippen LogP contribution is -2.29. The van der Waals surface area contributed by atoms with Gasteiger partial charge in [-0.3, -0.25) is 4.57 Å². The number of sulfonamides is 1. The van der Waals surface area contributed by atoms with Crippen LogP contribution in [-0.2, 0) is 21.8 Å². The summed E-state index contributed by atoms with van der Waals surface area (Å²) in [6.07, 6.45) is -0.365. The molecular weight excluding hydrogens is 364 g/mol. The van der Waals surface area contributed by atoms with Gasteiger partial charge in [0.25, 0.3) is 0 Å². The smallest absolute Gasteiger partial charge is 0.408 e. The van der Waals surface area contributed by atoms with Gasteiger partial charge in [0.1, 0.15) is 6.10 Å². The number of nitrogens with zero attached hydrogens (tertiary/aromatic N) is 1. The van der Waals surface area contributed by atoms with Gasteiger partial charge in [0.2, 0.25) is 10.0 Å². The Morgan fingerprint density at radius 2 is 2.08 bits per heavy atom. The van der Waals surface area contributed by atoms with E-state index in [4.69, 9.17) is 9.15 Å². The Hall–Kier alpha value is -1.94. The zero-order valence-corrected chi connectivity index (χ0v) is 15.6. The molecule has 3 rings (SSSR count). The molecule has 7 nitrogen and oxygen atoms in total. The minimum Gasteiger partial charge on any atom is -0.408 e. The molecule has 0 aliphatic carbocycles. The molecule has 0 saturated carbocycles. The fraction of sp³-hybridized carbons (Fsp3) is 0.312. The number of fused-ring (bicyclic) bond motifs is 1. The van der Waals surface area contributed by atoms with Crippen LogP contribution in [-0.4, -0.2) is 26.6 Å². The Bertz CT molecular complexity index is 1060. The first-order valence-corrected chi connectivity index (χ1v) is 9.80. The summed E-state index contributed by atoms with van der Waals surface area (Å²) < 4.78 is 39.4. The number of aromatic nitrogens is 1. The number of nitrogens with one attached hydrogen (secondary N) is 1. The summed E-state index contributed by atoms with van der Waals surface area (Å²) in [6.45, 7) is 2.09. The van der Waals surface area contributed by atoms with Gasteiger partial charge in [0.05, 0.1) is 10.4 Å². The maximum absolute atomic E-state index is 12.6. The molecule has 0 spiro atoms. The molecule has 0 aliphatic heterocycles. The van der Waals surface area contributed by atoms with E-state index < -0.39 is 15.8 Å². The minimum atomic E-state index is -3.75. The third-order valence-electron chi connectivity index (χ3n) is 3.89. The number of rotatable bonds is 6. The first-order valence-electron chi connectivity index (χ1n) is 7.50. The van der Waals surface area contributed by atoms with Crippen LogP contribution in [0.4, 0.5) is 0 Å². The predicted octanol–water partition coefficient (Wildman–Crippen LogP) is 2.17. The highest BCUT2D eigenvalue weighted by molar-refractivity contribution is 7.89. The molecule has 2 aromatic heterocycles. The largest absolute Gasteiger partial charge is 0.419 e. The van der Waals surface area contributed by atoms with Gasteiger partial charge in [0.15, 0.2) is 5.58 Å². The van der Waals surface area contributed by atoms with Crippen molar-refractivity contribution < 1.29 is 17.6 Å². The van der Waals surface area contributed by atoms with Crippen molar-refractivity contribution in [2.75, 3.05) is 13.7 Å². The van der Waals surface area contributed by atoms with Crippen molar-refractivity contribution in [2.24, 2.45) is 7.05 Å². The SMILES string of the molecule is CO[C@@H](CNS(=O)(=O)c1ccc2oc(=O)n(C)c2c1)c1ccc(C)s1. The Balaban J connectivity index is 1.84. The number of hydrogen-bond acceptors (Lipinski definition) is 6. The molecule has 25 heavy (non-hydrogen) atoms. The zero-order valence-electron chi connectivity index (χ0n) is 14.0. The standard InChI is InChI=1S/C16H18N2O5S2/c1-10-4-7-15(24-10)14(22-3)9-17-25(20,21)11-5-6-13-12(8-11)18(2)16(19)23-13/h4-8,14,17H,9H2,1-3H3/t14-/m0/s1. The molecule has 1 atom stereocenters. The van der Waals surface area contributed by atoms with Crippen LogP contribution < -0.4 is 10.5 Å². The molecule has 0 bridgehead atoms. The van der Waals surface area contributed by atoms with Crippen LogP contribution in [0.25, 0.3) is 11.1 Å². The van der Waals surface area contributed by atoms with E-state index in [1.807, 2.05) is 19.1 Å². The highest BCUT2D eigenvalue weighted by atomic mass is 32.2. The Morgan fingerprint density at radius 3 is 2.72 bits per heavy atom. The van der Waals surface area contributed by atoms with Gasteiger partial charge in [-0.2, -0.15) is 0 Å². The lowest BCUT2D eigenvalue weighted by atomic mass is 10.3.